The second-order valence-corrected chi connectivity index (χ2v) is 5.29. The van der Waals surface area contributed by atoms with Crippen LogP contribution in [0.4, 0.5) is 0 Å². The van der Waals surface area contributed by atoms with Gasteiger partial charge in [0.2, 0.25) is 0 Å². The van der Waals surface area contributed by atoms with Crippen molar-refractivity contribution in [2.24, 2.45) is 0 Å². The Morgan fingerprint density at radius 1 is 1.26 bits per heavy atom. The van der Waals surface area contributed by atoms with E-state index < -0.39 is 0 Å². The first kappa shape index (κ1) is 12.4. The van der Waals surface area contributed by atoms with E-state index in [1.807, 2.05) is 6.07 Å². The molecule has 0 aliphatic rings. The molecule has 0 aliphatic heterocycles. The van der Waals surface area contributed by atoms with Crippen molar-refractivity contribution in [2.75, 3.05) is 0 Å². The zero-order valence-electron chi connectivity index (χ0n) is 9.65. The minimum absolute atomic E-state index is 0.120. The Hall–Kier alpha value is -1.65. The molecule has 3 aromatic rings. The Morgan fingerprint density at radius 2 is 2.11 bits per heavy atom. The first-order chi connectivity index (χ1) is 9.18. The number of carbonyl (C=O) groups is 1. The van der Waals surface area contributed by atoms with Gasteiger partial charge in [-0.2, -0.15) is 0 Å². The molecule has 94 valence electrons. The molecule has 1 N–H and O–H groups in total. The standard InChI is InChI=1S/C14H8BrClN2O/c15-11-3-1-2-8(13(11)16)14(19)10-7-18-12-4-5-17-6-9(10)12/h1-7,18H. The van der Waals surface area contributed by atoms with Crippen LogP contribution in [0, 0.1) is 0 Å². The quantitative estimate of drug-likeness (QED) is 0.713. The number of hydrogen-bond acceptors (Lipinski definition) is 2. The van der Waals surface area contributed by atoms with Crippen LogP contribution in [0.25, 0.3) is 10.9 Å². The lowest BCUT2D eigenvalue weighted by Gasteiger charge is -2.04. The number of aromatic nitrogens is 2. The Balaban J connectivity index is 2.17. The van der Waals surface area contributed by atoms with Crippen molar-refractivity contribution in [1.29, 1.82) is 0 Å². The van der Waals surface area contributed by atoms with E-state index in [2.05, 4.69) is 25.9 Å². The molecule has 0 bridgehead atoms. The molecule has 0 atom stereocenters. The number of benzene rings is 1. The minimum Gasteiger partial charge on any atom is -0.360 e. The van der Waals surface area contributed by atoms with Crippen LogP contribution in [-0.2, 0) is 0 Å². The second-order valence-electron chi connectivity index (χ2n) is 4.05. The fourth-order valence-corrected chi connectivity index (χ4v) is 2.55. The first-order valence-electron chi connectivity index (χ1n) is 5.58. The third kappa shape index (κ3) is 2.07. The summed E-state index contributed by atoms with van der Waals surface area (Å²) in [5.74, 6) is -0.120. The third-order valence-corrected chi connectivity index (χ3v) is 4.22. The van der Waals surface area contributed by atoms with Gasteiger partial charge in [-0.05, 0) is 34.1 Å². The topological polar surface area (TPSA) is 45.8 Å². The van der Waals surface area contributed by atoms with E-state index in [9.17, 15) is 4.79 Å². The maximum Gasteiger partial charge on any atom is 0.196 e. The maximum absolute atomic E-state index is 12.5. The molecule has 2 heterocycles. The van der Waals surface area contributed by atoms with Crippen LogP contribution >= 0.6 is 27.5 Å². The van der Waals surface area contributed by atoms with Gasteiger partial charge in [-0.3, -0.25) is 9.78 Å². The van der Waals surface area contributed by atoms with Crippen LogP contribution in [0.5, 0.6) is 0 Å². The number of carbonyl (C=O) groups excluding carboxylic acids is 1. The fourth-order valence-electron chi connectivity index (χ4n) is 1.97. The summed E-state index contributed by atoms with van der Waals surface area (Å²) in [6, 6.07) is 7.13. The fraction of sp³-hybridized carbons (Fsp3) is 0. The van der Waals surface area contributed by atoms with Gasteiger partial charge in [-0.15, -0.1) is 0 Å². The number of nitrogens with one attached hydrogen (secondary N) is 1. The van der Waals surface area contributed by atoms with Crippen molar-refractivity contribution in [3.63, 3.8) is 0 Å². The molecule has 0 aliphatic carbocycles. The average Bonchev–Trinajstić information content (AvgIpc) is 2.85. The molecule has 3 rings (SSSR count). The summed E-state index contributed by atoms with van der Waals surface area (Å²) in [7, 11) is 0. The number of halogens is 2. The molecule has 0 unspecified atom stereocenters. The molecule has 2 aromatic heterocycles. The summed E-state index contributed by atoms with van der Waals surface area (Å²) >= 11 is 9.49. The smallest absolute Gasteiger partial charge is 0.196 e. The van der Waals surface area contributed by atoms with Gasteiger partial charge in [0, 0.05) is 45.1 Å². The predicted octanol–water partition coefficient (Wildman–Crippen LogP) is 4.21. The van der Waals surface area contributed by atoms with E-state index in [-0.39, 0.29) is 5.78 Å². The van der Waals surface area contributed by atoms with Gasteiger partial charge in [0.05, 0.1) is 5.02 Å². The number of pyridine rings is 1. The highest BCUT2D eigenvalue weighted by Crippen LogP contribution is 2.29. The molecule has 19 heavy (non-hydrogen) atoms. The lowest BCUT2D eigenvalue weighted by Crippen LogP contribution is -2.01. The average molecular weight is 336 g/mol. The van der Waals surface area contributed by atoms with Crippen molar-refractivity contribution in [1.82, 2.24) is 9.97 Å². The SMILES string of the molecule is O=C(c1cccc(Br)c1Cl)c1c[nH]c2ccncc12. The number of rotatable bonds is 2. The van der Waals surface area contributed by atoms with E-state index in [0.717, 1.165) is 10.9 Å². The van der Waals surface area contributed by atoms with Crippen molar-refractivity contribution >= 4 is 44.2 Å². The van der Waals surface area contributed by atoms with Gasteiger partial charge in [0.25, 0.3) is 0 Å². The van der Waals surface area contributed by atoms with Crippen LogP contribution in [0.1, 0.15) is 15.9 Å². The van der Waals surface area contributed by atoms with Gasteiger partial charge in [0.15, 0.2) is 5.78 Å². The number of nitrogens with zero attached hydrogens (tertiary/aromatic N) is 1. The minimum atomic E-state index is -0.120. The van der Waals surface area contributed by atoms with Crippen molar-refractivity contribution in [3.05, 3.63) is 63.5 Å². The lowest BCUT2D eigenvalue weighted by atomic mass is 10.0. The number of H-pyrrole nitrogens is 1. The highest BCUT2D eigenvalue weighted by Gasteiger charge is 2.17. The zero-order valence-corrected chi connectivity index (χ0v) is 12.0. The van der Waals surface area contributed by atoms with Crippen LogP contribution in [0.2, 0.25) is 5.02 Å². The highest BCUT2D eigenvalue weighted by atomic mass is 79.9. The molecular formula is C14H8BrClN2O. The monoisotopic (exact) mass is 334 g/mol. The molecule has 0 spiro atoms. The molecule has 0 radical (unpaired) electrons. The molecule has 0 saturated carbocycles. The van der Waals surface area contributed by atoms with Gasteiger partial charge in [-0.1, -0.05) is 17.7 Å². The summed E-state index contributed by atoms with van der Waals surface area (Å²) in [4.78, 5) is 19.6. The lowest BCUT2D eigenvalue weighted by molar-refractivity contribution is 0.104. The van der Waals surface area contributed by atoms with E-state index in [0.29, 0.717) is 20.6 Å². The molecule has 0 fully saturated rings. The normalized spacial score (nSPS) is 10.8. The Kier molecular flexibility index (Phi) is 3.12. The van der Waals surface area contributed by atoms with Gasteiger partial charge >= 0.3 is 0 Å². The maximum atomic E-state index is 12.5. The molecule has 1 aromatic carbocycles. The summed E-state index contributed by atoms with van der Waals surface area (Å²) < 4.78 is 0.706. The molecule has 0 saturated heterocycles. The van der Waals surface area contributed by atoms with Crippen LogP contribution in [0.15, 0.2) is 47.3 Å². The Bertz CT molecular complexity index is 782. The van der Waals surface area contributed by atoms with Crippen LogP contribution in [0.3, 0.4) is 0 Å². The number of fused-ring (bicyclic) bond motifs is 1. The first-order valence-corrected chi connectivity index (χ1v) is 6.75. The van der Waals surface area contributed by atoms with E-state index >= 15 is 0 Å². The predicted molar refractivity (Wildman–Crippen MR) is 78.7 cm³/mol. The van der Waals surface area contributed by atoms with Crippen molar-refractivity contribution in [2.45, 2.75) is 0 Å². The highest BCUT2D eigenvalue weighted by molar-refractivity contribution is 9.10. The van der Waals surface area contributed by atoms with Crippen molar-refractivity contribution in [3.8, 4) is 0 Å². The largest absolute Gasteiger partial charge is 0.360 e. The zero-order chi connectivity index (χ0) is 13.4. The Morgan fingerprint density at radius 3 is 2.95 bits per heavy atom. The van der Waals surface area contributed by atoms with E-state index in [1.165, 1.54) is 0 Å². The van der Waals surface area contributed by atoms with Crippen LogP contribution in [-0.4, -0.2) is 15.8 Å². The van der Waals surface area contributed by atoms with E-state index in [1.54, 1.807) is 36.8 Å². The Labute approximate surface area is 122 Å². The number of hydrogen-bond donors (Lipinski definition) is 1. The van der Waals surface area contributed by atoms with Crippen LogP contribution < -0.4 is 0 Å². The molecule has 0 amide bonds. The summed E-state index contributed by atoms with van der Waals surface area (Å²) in [5.41, 5.74) is 1.92. The van der Waals surface area contributed by atoms with E-state index in [4.69, 9.17) is 11.6 Å². The van der Waals surface area contributed by atoms with Gasteiger partial charge < -0.3 is 4.98 Å². The number of aromatic amines is 1. The van der Waals surface area contributed by atoms with Crippen molar-refractivity contribution < 1.29 is 4.79 Å². The summed E-state index contributed by atoms with van der Waals surface area (Å²) in [6.07, 6.45) is 5.04. The molecule has 5 heteroatoms. The second kappa shape index (κ2) is 4.79. The van der Waals surface area contributed by atoms with Gasteiger partial charge in [-0.25, -0.2) is 0 Å². The van der Waals surface area contributed by atoms with Gasteiger partial charge in [0.1, 0.15) is 0 Å². The molecule has 3 nitrogen and oxygen atoms in total. The third-order valence-electron chi connectivity index (χ3n) is 2.92. The molecular weight excluding hydrogens is 328 g/mol. The summed E-state index contributed by atoms with van der Waals surface area (Å²) in [6.45, 7) is 0. The summed E-state index contributed by atoms with van der Waals surface area (Å²) in [5, 5.41) is 1.22. The number of ketones is 1.